The van der Waals surface area contributed by atoms with Gasteiger partial charge in [0, 0.05) is 36.8 Å². The lowest BCUT2D eigenvalue weighted by Gasteiger charge is -2.69. The first-order valence-corrected chi connectivity index (χ1v) is 13.8. The van der Waals surface area contributed by atoms with E-state index in [0.717, 1.165) is 44.3 Å². The molecule has 2 heterocycles. The van der Waals surface area contributed by atoms with Gasteiger partial charge >= 0.3 is 0 Å². The molecule has 1 saturated heterocycles. The van der Waals surface area contributed by atoms with E-state index >= 15 is 0 Å². The van der Waals surface area contributed by atoms with Gasteiger partial charge in [0.2, 0.25) is 5.91 Å². The van der Waals surface area contributed by atoms with E-state index in [1.165, 1.54) is 16.7 Å². The molecule has 2 unspecified atom stereocenters. The molecule has 0 radical (unpaired) electrons. The highest BCUT2D eigenvalue weighted by Gasteiger charge is 2.74. The Morgan fingerprint density at radius 3 is 2.79 bits per heavy atom. The van der Waals surface area contributed by atoms with Crippen LogP contribution >= 0.6 is 0 Å². The Morgan fingerprint density at radius 1 is 1.24 bits per heavy atom. The van der Waals surface area contributed by atoms with Crippen LogP contribution in [-0.2, 0) is 16.6 Å². The zero-order valence-electron chi connectivity index (χ0n) is 23.0. The summed E-state index contributed by atoms with van der Waals surface area (Å²) in [4.78, 5) is 20.4. The molecule has 2 aliphatic carbocycles. The van der Waals surface area contributed by atoms with Crippen molar-refractivity contribution in [3.05, 3.63) is 77.4 Å². The molecule has 1 spiro atoms. The van der Waals surface area contributed by atoms with E-state index in [1.807, 2.05) is 36.2 Å². The molecule has 38 heavy (non-hydrogen) atoms. The van der Waals surface area contributed by atoms with Crippen molar-refractivity contribution in [3.63, 3.8) is 0 Å². The minimum atomic E-state index is -0.307. The molecule has 1 saturated carbocycles. The van der Waals surface area contributed by atoms with Gasteiger partial charge < -0.3 is 19.6 Å². The molecule has 2 aromatic rings. The Labute approximate surface area is 226 Å². The second-order valence-corrected chi connectivity index (χ2v) is 11.8. The summed E-state index contributed by atoms with van der Waals surface area (Å²) in [6, 6.07) is 12.2. The fraction of sp³-hybridized carbons (Fsp3) is 0.469. The summed E-state index contributed by atoms with van der Waals surface area (Å²) < 4.78 is 6.81. The third kappa shape index (κ3) is 3.29. The van der Waals surface area contributed by atoms with Crippen LogP contribution in [0.15, 0.2) is 55.1 Å². The summed E-state index contributed by atoms with van der Waals surface area (Å²) in [6.07, 6.45) is 9.00. The third-order valence-corrected chi connectivity index (χ3v) is 10.0. The second kappa shape index (κ2) is 8.99. The topological polar surface area (TPSA) is 56.3 Å². The van der Waals surface area contributed by atoms with Crippen LogP contribution in [0.5, 0.6) is 11.5 Å². The molecule has 0 aromatic heterocycles. The molecule has 1 N–H and O–H groups in total. The summed E-state index contributed by atoms with van der Waals surface area (Å²) in [6.45, 7) is 7.90. The normalized spacial score (nSPS) is 31.2. The largest absolute Gasteiger partial charge is 0.504 e. The third-order valence-electron chi connectivity index (χ3n) is 10.0. The van der Waals surface area contributed by atoms with Gasteiger partial charge in [0.15, 0.2) is 11.5 Å². The van der Waals surface area contributed by atoms with E-state index in [0.29, 0.717) is 11.8 Å². The van der Waals surface area contributed by atoms with Crippen molar-refractivity contribution in [2.45, 2.75) is 61.7 Å². The van der Waals surface area contributed by atoms with Crippen LogP contribution in [0.25, 0.3) is 6.08 Å². The molecule has 2 aromatic carbocycles. The number of likely N-dealkylation sites (tertiary alicyclic amines) is 1. The van der Waals surface area contributed by atoms with Gasteiger partial charge in [0.05, 0.1) is 11.5 Å². The quantitative estimate of drug-likeness (QED) is 0.465. The summed E-state index contributed by atoms with van der Waals surface area (Å²) in [5.74, 6) is 0.822. The lowest BCUT2D eigenvalue weighted by Crippen LogP contribution is -2.82. The summed E-state index contributed by atoms with van der Waals surface area (Å²) in [5, 5.41) is 11.0. The van der Waals surface area contributed by atoms with Gasteiger partial charge in [-0.1, -0.05) is 42.0 Å². The number of benzene rings is 2. The van der Waals surface area contributed by atoms with Gasteiger partial charge in [-0.05, 0) is 76.5 Å². The van der Waals surface area contributed by atoms with Gasteiger partial charge in [-0.2, -0.15) is 0 Å². The number of piperidine rings is 1. The molecule has 2 fully saturated rings. The zero-order valence-corrected chi connectivity index (χ0v) is 23.0. The Hall–Kier alpha value is -3.09. The molecular formula is C32H39N3O3. The fourth-order valence-corrected chi connectivity index (χ4v) is 8.53. The Bertz CT molecular complexity index is 1320. The molecule has 2 bridgehead atoms. The monoisotopic (exact) mass is 513 g/mol. The number of aryl methyl sites for hydroxylation is 1. The van der Waals surface area contributed by atoms with E-state index in [4.69, 9.17) is 4.74 Å². The zero-order chi connectivity index (χ0) is 26.8. The van der Waals surface area contributed by atoms with E-state index in [9.17, 15) is 9.90 Å². The number of ether oxygens (including phenoxy) is 1. The van der Waals surface area contributed by atoms with Crippen LogP contribution in [-0.4, -0.2) is 83.7 Å². The SMILES string of the molecule is C=CCN1CC[C@]23c4c5ccc(O)c4OC2C(N(C)C(=O)/C=C/c2cccc(C)c2)CC[C@@]3(N(C)C)[C@H]1C5. The summed E-state index contributed by atoms with van der Waals surface area (Å²) in [5.41, 5.74) is 4.17. The second-order valence-electron chi connectivity index (χ2n) is 11.8. The van der Waals surface area contributed by atoms with Crippen molar-refractivity contribution >= 4 is 12.0 Å². The van der Waals surface area contributed by atoms with Gasteiger partial charge in [-0.25, -0.2) is 0 Å². The van der Waals surface area contributed by atoms with Crippen molar-refractivity contribution < 1.29 is 14.6 Å². The Kier molecular flexibility index (Phi) is 5.96. The number of carbonyl (C=O) groups excluding carboxylic acids is 1. The van der Waals surface area contributed by atoms with Crippen molar-refractivity contribution in [2.75, 3.05) is 34.2 Å². The lowest BCUT2D eigenvalue weighted by molar-refractivity contribution is -0.158. The summed E-state index contributed by atoms with van der Waals surface area (Å²) >= 11 is 0. The smallest absolute Gasteiger partial charge is 0.246 e. The Morgan fingerprint density at radius 2 is 2.05 bits per heavy atom. The highest BCUT2D eigenvalue weighted by Crippen LogP contribution is 2.67. The first-order chi connectivity index (χ1) is 18.2. The highest BCUT2D eigenvalue weighted by molar-refractivity contribution is 5.92. The van der Waals surface area contributed by atoms with E-state index in [-0.39, 0.29) is 34.8 Å². The maximum absolute atomic E-state index is 13.5. The number of phenols is 1. The number of hydrogen-bond acceptors (Lipinski definition) is 5. The van der Waals surface area contributed by atoms with Gasteiger partial charge in [0.25, 0.3) is 0 Å². The fourth-order valence-electron chi connectivity index (χ4n) is 8.53. The highest BCUT2D eigenvalue weighted by atomic mass is 16.5. The van der Waals surface area contributed by atoms with Crippen LogP contribution in [0, 0.1) is 6.92 Å². The number of likely N-dealkylation sites (N-methyl/N-ethyl adjacent to an activating group) is 2. The van der Waals surface area contributed by atoms with Gasteiger partial charge in [-0.3, -0.25) is 9.69 Å². The van der Waals surface area contributed by atoms with Crippen LogP contribution < -0.4 is 4.74 Å². The minimum absolute atomic E-state index is 0.0225. The number of phenolic OH excluding ortho intramolecular Hbond substituents is 1. The van der Waals surface area contributed by atoms with E-state index in [1.54, 1.807) is 12.1 Å². The number of carbonyl (C=O) groups is 1. The minimum Gasteiger partial charge on any atom is -0.504 e. The summed E-state index contributed by atoms with van der Waals surface area (Å²) in [7, 11) is 6.32. The maximum Gasteiger partial charge on any atom is 0.246 e. The average Bonchev–Trinajstić information content (AvgIpc) is 3.25. The molecule has 200 valence electrons. The number of hydrogen-bond donors (Lipinski definition) is 1. The van der Waals surface area contributed by atoms with Crippen molar-refractivity contribution in [3.8, 4) is 11.5 Å². The van der Waals surface area contributed by atoms with Gasteiger partial charge in [0.1, 0.15) is 6.10 Å². The van der Waals surface area contributed by atoms with Crippen LogP contribution in [0.1, 0.15) is 41.5 Å². The first kappa shape index (κ1) is 25.2. The first-order valence-electron chi connectivity index (χ1n) is 13.8. The van der Waals surface area contributed by atoms with Crippen molar-refractivity contribution in [1.82, 2.24) is 14.7 Å². The average molecular weight is 514 g/mol. The van der Waals surface area contributed by atoms with E-state index < -0.39 is 0 Å². The predicted molar refractivity (Wildman–Crippen MR) is 151 cm³/mol. The molecule has 2 aliphatic heterocycles. The molecule has 1 amide bonds. The lowest BCUT2D eigenvalue weighted by atomic mass is 9.46. The number of nitrogens with zero attached hydrogens (tertiary/aromatic N) is 3. The van der Waals surface area contributed by atoms with Crippen LogP contribution in [0.3, 0.4) is 0 Å². The predicted octanol–water partition coefficient (Wildman–Crippen LogP) is 4.15. The number of aromatic hydroxyl groups is 1. The molecule has 5 atom stereocenters. The number of rotatable bonds is 6. The molecule has 6 rings (SSSR count). The Balaban J connectivity index is 1.42. The van der Waals surface area contributed by atoms with Gasteiger partial charge in [-0.15, -0.1) is 6.58 Å². The molecule has 4 aliphatic rings. The standard InChI is InChI=1S/C32H39N3O3/c1-6-17-35-18-16-31-28-23-11-12-25(36)29(28)38-30(31)24(14-15-32(31,33(3)4)26(35)20-23)34(5)27(37)13-10-22-9-7-8-21(2)19-22/h6-13,19,24,26,30,36H,1,14-18,20H2,2-5H3/b13-10+/t24?,26-,30?,31+,32-/m1/s1. The molecule has 6 nitrogen and oxygen atoms in total. The van der Waals surface area contributed by atoms with Crippen molar-refractivity contribution in [2.24, 2.45) is 0 Å². The number of amides is 1. The maximum atomic E-state index is 13.5. The molecule has 6 heteroatoms. The van der Waals surface area contributed by atoms with Crippen LogP contribution in [0.2, 0.25) is 0 Å². The van der Waals surface area contributed by atoms with Crippen LogP contribution in [0.4, 0.5) is 0 Å². The van der Waals surface area contributed by atoms with E-state index in [2.05, 4.69) is 55.6 Å². The molecular weight excluding hydrogens is 474 g/mol. The van der Waals surface area contributed by atoms with Crippen molar-refractivity contribution in [1.29, 1.82) is 0 Å².